The Morgan fingerprint density at radius 1 is 1.24 bits per heavy atom. The number of amides is 1. The molecule has 1 aromatic carbocycles. The van der Waals surface area contributed by atoms with E-state index in [0.717, 1.165) is 17.1 Å². The second-order valence-electron chi connectivity index (χ2n) is 4.93. The van der Waals surface area contributed by atoms with Crippen LogP contribution in [0.2, 0.25) is 0 Å². The molecule has 0 bridgehead atoms. The largest absolute Gasteiger partial charge is 0.454 e. The van der Waals surface area contributed by atoms with Crippen LogP contribution in [0.25, 0.3) is 0 Å². The first-order chi connectivity index (χ1) is 10.3. The molecule has 1 unspecified atom stereocenters. The number of thiophene rings is 1. The Kier molecular flexibility index (Phi) is 3.27. The molecular weight excluding hydrogens is 306 g/mol. The van der Waals surface area contributed by atoms with Gasteiger partial charge in [0.05, 0.1) is 5.75 Å². The fourth-order valence-electron chi connectivity index (χ4n) is 2.55. The number of nitrogens with zero attached hydrogens (tertiary/aromatic N) is 1. The summed E-state index contributed by atoms with van der Waals surface area (Å²) in [7, 11) is 0. The second-order valence-corrected chi connectivity index (χ2v) is 6.78. The van der Waals surface area contributed by atoms with Gasteiger partial charge in [-0.2, -0.15) is 11.3 Å². The molecular formula is C15H13NO3S2. The van der Waals surface area contributed by atoms with E-state index in [-0.39, 0.29) is 18.1 Å². The molecule has 3 heterocycles. The molecule has 6 heteroatoms. The van der Waals surface area contributed by atoms with Gasteiger partial charge in [-0.05, 0) is 40.1 Å². The zero-order chi connectivity index (χ0) is 14.2. The molecule has 4 nitrogen and oxygen atoms in total. The zero-order valence-corrected chi connectivity index (χ0v) is 12.8. The van der Waals surface area contributed by atoms with Gasteiger partial charge in [-0.15, -0.1) is 11.8 Å². The lowest BCUT2D eigenvalue weighted by Crippen LogP contribution is -2.27. The van der Waals surface area contributed by atoms with E-state index >= 15 is 0 Å². The summed E-state index contributed by atoms with van der Waals surface area (Å²) in [6.45, 7) is 0.873. The number of carbonyl (C=O) groups excluding carboxylic acids is 1. The lowest BCUT2D eigenvalue weighted by molar-refractivity contribution is -0.128. The van der Waals surface area contributed by atoms with Crippen LogP contribution >= 0.6 is 23.1 Å². The number of ether oxygens (including phenoxy) is 2. The van der Waals surface area contributed by atoms with Gasteiger partial charge in [-0.3, -0.25) is 4.79 Å². The van der Waals surface area contributed by atoms with Gasteiger partial charge in [0.15, 0.2) is 11.5 Å². The number of rotatable bonds is 3. The summed E-state index contributed by atoms with van der Waals surface area (Å²) >= 11 is 3.35. The maximum atomic E-state index is 12.2. The fraction of sp³-hybridized carbons (Fsp3) is 0.267. The summed E-state index contributed by atoms with van der Waals surface area (Å²) in [5, 5.41) is 4.29. The third-order valence-electron chi connectivity index (χ3n) is 3.59. The number of thioether (sulfide) groups is 1. The van der Waals surface area contributed by atoms with E-state index in [2.05, 4.69) is 16.8 Å². The van der Waals surface area contributed by atoms with Gasteiger partial charge in [-0.1, -0.05) is 6.07 Å². The van der Waals surface area contributed by atoms with E-state index < -0.39 is 0 Å². The van der Waals surface area contributed by atoms with Crippen molar-refractivity contribution in [3.8, 4) is 11.5 Å². The first kappa shape index (κ1) is 13.0. The molecule has 1 saturated heterocycles. The number of carbonyl (C=O) groups is 1. The average molecular weight is 319 g/mol. The van der Waals surface area contributed by atoms with Gasteiger partial charge in [0, 0.05) is 6.54 Å². The third-order valence-corrected chi connectivity index (χ3v) is 5.54. The standard InChI is InChI=1S/C15H13NO3S2/c17-14-8-21-15(11-3-4-20-7-11)16(14)6-10-1-2-12-13(5-10)19-9-18-12/h1-5,7,15H,6,8-9H2. The highest BCUT2D eigenvalue weighted by Gasteiger charge is 2.33. The molecule has 1 amide bonds. The van der Waals surface area contributed by atoms with Crippen LogP contribution in [0.15, 0.2) is 35.0 Å². The summed E-state index contributed by atoms with van der Waals surface area (Å²) < 4.78 is 10.7. The number of hydrogen-bond acceptors (Lipinski definition) is 5. The lowest BCUT2D eigenvalue weighted by Gasteiger charge is -2.23. The highest BCUT2D eigenvalue weighted by atomic mass is 32.2. The molecule has 2 aliphatic heterocycles. The van der Waals surface area contributed by atoms with E-state index in [4.69, 9.17) is 9.47 Å². The zero-order valence-electron chi connectivity index (χ0n) is 11.2. The van der Waals surface area contributed by atoms with Gasteiger partial charge in [0.2, 0.25) is 12.7 Å². The van der Waals surface area contributed by atoms with E-state index in [1.54, 1.807) is 23.1 Å². The highest BCUT2D eigenvalue weighted by molar-refractivity contribution is 8.00. The van der Waals surface area contributed by atoms with Crippen molar-refractivity contribution in [2.24, 2.45) is 0 Å². The third kappa shape index (κ3) is 2.38. The minimum absolute atomic E-state index is 0.120. The second kappa shape index (κ2) is 5.27. The molecule has 0 N–H and O–H groups in total. The maximum absolute atomic E-state index is 12.2. The van der Waals surface area contributed by atoms with Crippen LogP contribution in [0, 0.1) is 0 Å². The van der Waals surface area contributed by atoms with Crippen LogP contribution < -0.4 is 9.47 Å². The quantitative estimate of drug-likeness (QED) is 0.870. The van der Waals surface area contributed by atoms with Crippen molar-refractivity contribution in [3.63, 3.8) is 0 Å². The van der Waals surface area contributed by atoms with Gasteiger partial charge in [0.1, 0.15) is 5.37 Å². The monoisotopic (exact) mass is 319 g/mol. The predicted octanol–water partition coefficient (Wildman–Crippen LogP) is 3.25. The molecule has 1 atom stereocenters. The smallest absolute Gasteiger partial charge is 0.234 e. The normalized spacial score (nSPS) is 20.3. The molecule has 2 aromatic rings. The van der Waals surface area contributed by atoms with Crippen molar-refractivity contribution < 1.29 is 14.3 Å². The topological polar surface area (TPSA) is 38.8 Å². The van der Waals surface area contributed by atoms with Gasteiger partial charge in [0.25, 0.3) is 0 Å². The van der Waals surface area contributed by atoms with Crippen LogP contribution in [0.3, 0.4) is 0 Å². The van der Waals surface area contributed by atoms with Crippen molar-refractivity contribution in [1.29, 1.82) is 0 Å². The predicted molar refractivity (Wildman–Crippen MR) is 82.6 cm³/mol. The molecule has 4 rings (SSSR count). The van der Waals surface area contributed by atoms with Gasteiger partial charge < -0.3 is 14.4 Å². The van der Waals surface area contributed by atoms with E-state index in [1.165, 1.54) is 5.56 Å². The Balaban J connectivity index is 1.58. The number of fused-ring (bicyclic) bond motifs is 1. The molecule has 108 valence electrons. The SMILES string of the molecule is O=C1CSC(c2ccsc2)N1Cc1ccc2c(c1)OCO2. The summed E-state index contributed by atoms with van der Waals surface area (Å²) in [6, 6.07) is 7.95. The molecule has 0 spiro atoms. The van der Waals surface area contributed by atoms with Crippen molar-refractivity contribution in [1.82, 2.24) is 4.90 Å². The van der Waals surface area contributed by atoms with E-state index in [1.807, 2.05) is 23.1 Å². The molecule has 0 aliphatic carbocycles. The minimum Gasteiger partial charge on any atom is -0.454 e. The van der Waals surface area contributed by atoms with Crippen LogP contribution in [0.4, 0.5) is 0 Å². The van der Waals surface area contributed by atoms with Gasteiger partial charge in [-0.25, -0.2) is 0 Å². The Bertz CT molecular complexity index is 672. The van der Waals surface area contributed by atoms with Crippen molar-refractivity contribution >= 4 is 29.0 Å². The first-order valence-corrected chi connectivity index (χ1v) is 8.62. The summed E-state index contributed by atoms with van der Waals surface area (Å²) in [5.41, 5.74) is 2.27. The Morgan fingerprint density at radius 2 is 2.14 bits per heavy atom. The van der Waals surface area contributed by atoms with E-state index in [0.29, 0.717) is 12.3 Å². The van der Waals surface area contributed by atoms with Crippen LogP contribution in [-0.2, 0) is 11.3 Å². The fourth-order valence-corrected chi connectivity index (χ4v) is 4.50. The highest BCUT2D eigenvalue weighted by Crippen LogP contribution is 2.41. The Morgan fingerprint density at radius 3 is 3.00 bits per heavy atom. The van der Waals surface area contributed by atoms with Crippen LogP contribution in [0.1, 0.15) is 16.5 Å². The lowest BCUT2D eigenvalue weighted by atomic mass is 10.1. The van der Waals surface area contributed by atoms with Crippen molar-refractivity contribution in [3.05, 3.63) is 46.2 Å². The summed E-state index contributed by atoms with van der Waals surface area (Å²) in [5.74, 6) is 2.27. The molecule has 0 radical (unpaired) electrons. The van der Waals surface area contributed by atoms with Crippen LogP contribution in [-0.4, -0.2) is 23.4 Å². The number of benzene rings is 1. The Hall–Kier alpha value is -1.66. The Labute approximate surface area is 130 Å². The molecule has 1 aromatic heterocycles. The molecule has 21 heavy (non-hydrogen) atoms. The summed E-state index contributed by atoms with van der Waals surface area (Å²) in [4.78, 5) is 14.1. The maximum Gasteiger partial charge on any atom is 0.234 e. The van der Waals surface area contributed by atoms with Crippen LogP contribution in [0.5, 0.6) is 11.5 Å². The molecule has 1 fully saturated rings. The average Bonchev–Trinajstić information content (AvgIpc) is 3.20. The van der Waals surface area contributed by atoms with Crippen molar-refractivity contribution in [2.45, 2.75) is 11.9 Å². The number of hydrogen-bond donors (Lipinski definition) is 0. The molecule has 2 aliphatic rings. The molecule has 0 saturated carbocycles. The van der Waals surface area contributed by atoms with Crippen molar-refractivity contribution in [2.75, 3.05) is 12.5 Å². The van der Waals surface area contributed by atoms with E-state index in [9.17, 15) is 4.79 Å². The minimum atomic E-state index is 0.120. The first-order valence-electron chi connectivity index (χ1n) is 6.63. The van der Waals surface area contributed by atoms with Gasteiger partial charge >= 0.3 is 0 Å². The summed E-state index contributed by atoms with van der Waals surface area (Å²) in [6.07, 6.45) is 0.